The molecule has 0 spiro atoms. The van der Waals surface area contributed by atoms with Crippen molar-refractivity contribution in [3.63, 3.8) is 0 Å². The minimum Gasteiger partial charge on any atom is -0.314 e. The smallest absolute Gasteiger partial charge is 0.00939 e. The van der Waals surface area contributed by atoms with Crippen molar-refractivity contribution in [1.82, 2.24) is 10.2 Å². The minimum absolute atomic E-state index is 0.767. The van der Waals surface area contributed by atoms with E-state index in [1.807, 2.05) is 11.8 Å². The van der Waals surface area contributed by atoms with Crippen LogP contribution >= 0.6 is 11.8 Å². The summed E-state index contributed by atoms with van der Waals surface area (Å²) in [4.78, 5) is 2.70. The van der Waals surface area contributed by atoms with Crippen LogP contribution in [0.25, 0.3) is 0 Å². The SMILES string of the molecule is CCNC1CCN(CCCCCCSC)C(C)C1. The molecule has 1 saturated heterocycles. The molecule has 1 N–H and O–H groups in total. The topological polar surface area (TPSA) is 15.3 Å². The van der Waals surface area contributed by atoms with Crippen LogP contribution in [0.4, 0.5) is 0 Å². The first-order valence-corrected chi connectivity index (χ1v) is 9.13. The average Bonchev–Trinajstić information content (AvgIpc) is 2.36. The Bertz CT molecular complexity index is 199. The highest BCUT2D eigenvalue weighted by molar-refractivity contribution is 7.98. The highest BCUT2D eigenvalue weighted by Gasteiger charge is 2.23. The molecule has 3 heteroatoms. The largest absolute Gasteiger partial charge is 0.314 e. The highest BCUT2D eigenvalue weighted by Crippen LogP contribution is 2.18. The molecule has 0 amide bonds. The van der Waals surface area contributed by atoms with Crippen LogP contribution in [0.15, 0.2) is 0 Å². The number of hydrogen-bond donors (Lipinski definition) is 1. The molecule has 2 atom stereocenters. The summed E-state index contributed by atoms with van der Waals surface area (Å²) in [5.74, 6) is 1.34. The summed E-state index contributed by atoms with van der Waals surface area (Å²) in [5.41, 5.74) is 0. The summed E-state index contributed by atoms with van der Waals surface area (Å²) in [5, 5.41) is 3.60. The Kier molecular flexibility index (Phi) is 9.16. The van der Waals surface area contributed by atoms with E-state index in [0.717, 1.165) is 18.6 Å². The van der Waals surface area contributed by atoms with E-state index >= 15 is 0 Å². The van der Waals surface area contributed by atoms with Crippen LogP contribution in [0.2, 0.25) is 0 Å². The molecule has 0 aromatic heterocycles. The molecule has 0 aliphatic carbocycles. The Hall–Kier alpha value is 0.270. The minimum atomic E-state index is 0.767. The molecule has 0 aromatic rings. The summed E-state index contributed by atoms with van der Waals surface area (Å²) in [6.07, 6.45) is 10.5. The molecule has 1 rings (SSSR count). The van der Waals surface area contributed by atoms with Crippen molar-refractivity contribution < 1.29 is 0 Å². The van der Waals surface area contributed by atoms with Gasteiger partial charge in [0.15, 0.2) is 0 Å². The Labute approximate surface area is 118 Å². The Morgan fingerprint density at radius 1 is 1.22 bits per heavy atom. The molecule has 18 heavy (non-hydrogen) atoms. The summed E-state index contributed by atoms with van der Waals surface area (Å²) >= 11 is 1.98. The fourth-order valence-electron chi connectivity index (χ4n) is 2.94. The number of nitrogens with one attached hydrogen (secondary N) is 1. The first-order chi connectivity index (χ1) is 8.77. The molecular weight excluding hydrogens is 240 g/mol. The van der Waals surface area contributed by atoms with Gasteiger partial charge in [0.05, 0.1) is 0 Å². The third kappa shape index (κ3) is 6.44. The normalized spacial score (nSPS) is 25.5. The zero-order valence-corrected chi connectivity index (χ0v) is 13.4. The highest BCUT2D eigenvalue weighted by atomic mass is 32.2. The predicted octanol–water partition coefficient (Wildman–Crippen LogP) is 3.37. The second-order valence-corrected chi connectivity index (χ2v) is 6.56. The number of thioether (sulfide) groups is 1. The molecule has 1 heterocycles. The number of hydrogen-bond acceptors (Lipinski definition) is 3. The van der Waals surface area contributed by atoms with Crippen LogP contribution in [0.3, 0.4) is 0 Å². The van der Waals surface area contributed by atoms with E-state index < -0.39 is 0 Å². The van der Waals surface area contributed by atoms with Crippen molar-refractivity contribution in [3.8, 4) is 0 Å². The number of unbranched alkanes of at least 4 members (excludes halogenated alkanes) is 3. The van der Waals surface area contributed by atoms with Gasteiger partial charge in [0.2, 0.25) is 0 Å². The van der Waals surface area contributed by atoms with Gasteiger partial charge in [-0.1, -0.05) is 19.8 Å². The Balaban J connectivity index is 2.05. The maximum Gasteiger partial charge on any atom is 0.00939 e. The molecule has 2 nitrogen and oxygen atoms in total. The van der Waals surface area contributed by atoms with Gasteiger partial charge in [-0.2, -0.15) is 11.8 Å². The van der Waals surface area contributed by atoms with Crippen LogP contribution in [0.1, 0.15) is 52.4 Å². The van der Waals surface area contributed by atoms with Crippen molar-refractivity contribution in [2.24, 2.45) is 0 Å². The Morgan fingerprint density at radius 2 is 2.00 bits per heavy atom. The number of piperidine rings is 1. The average molecular weight is 273 g/mol. The molecule has 0 radical (unpaired) electrons. The lowest BCUT2D eigenvalue weighted by Crippen LogP contribution is -2.47. The van der Waals surface area contributed by atoms with Gasteiger partial charge < -0.3 is 10.2 Å². The van der Waals surface area contributed by atoms with Gasteiger partial charge >= 0.3 is 0 Å². The van der Waals surface area contributed by atoms with E-state index in [1.165, 1.54) is 57.4 Å². The zero-order valence-electron chi connectivity index (χ0n) is 12.6. The monoisotopic (exact) mass is 272 g/mol. The lowest BCUT2D eigenvalue weighted by Gasteiger charge is -2.38. The molecule has 1 aliphatic heterocycles. The maximum absolute atomic E-state index is 3.60. The van der Waals surface area contributed by atoms with Crippen LogP contribution in [0.5, 0.6) is 0 Å². The van der Waals surface area contributed by atoms with Gasteiger partial charge in [0, 0.05) is 12.1 Å². The van der Waals surface area contributed by atoms with Gasteiger partial charge in [-0.05, 0) is 64.2 Å². The number of rotatable bonds is 9. The quantitative estimate of drug-likeness (QED) is 0.648. The van der Waals surface area contributed by atoms with E-state index in [2.05, 4.69) is 30.3 Å². The summed E-state index contributed by atoms with van der Waals surface area (Å²) < 4.78 is 0. The van der Waals surface area contributed by atoms with Crippen LogP contribution < -0.4 is 5.32 Å². The molecule has 1 aliphatic rings. The third-order valence-electron chi connectivity index (χ3n) is 4.05. The van der Waals surface area contributed by atoms with Crippen molar-refractivity contribution >= 4 is 11.8 Å². The molecular formula is C15H32N2S. The van der Waals surface area contributed by atoms with E-state index in [4.69, 9.17) is 0 Å². The van der Waals surface area contributed by atoms with Gasteiger partial charge in [-0.3, -0.25) is 0 Å². The van der Waals surface area contributed by atoms with Crippen molar-refractivity contribution in [3.05, 3.63) is 0 Å². The van der Waals surface area contributed by atoms with E-state index in [-0.39, 0.29) is 0 Å². The molecule has 0 bridgehead atoms. The first-order valence-electron chi connectivity index (χ1n) is 7.74. The first kappa shape index (κ1) is 16.3. The Morgan fingerprint density at radius 3 is 2.67 bits per heavy atom. The predicted molar refractivity (Wildman–Crippen MR) is 84.6 cm³/mol. The maximum atomic E-state index is 3.60. The fourth-order valence-corrected chi connectivity index (χ4v) is 3.43. The second kappa shape index (κ2) is 10.1. The van der Waals surface area contributed by atoms with E-state index in [0.29, 0.717) is 0 Å². The molecule has 108 valence electrons. The molecule has 0 saturated carbocycles. The van der Waals surface area contributed by atoms with Crippen molar-refractivity contribution in [2.75, 3.05) is 31.6 Å². The van der Waals surface area contributed by atoms with Crippen LogP contribution in [-0.4, -0.2) is 48.6 Å². The lowest BCUT2D eigenvalue weighted by atomic mass is 9.98. The third-order valence-corrected chi connectivity index (χ3v) is 4.75. The van der Waals surface area contributed by atoms with E-state index in [9.17, 15) is 0 Å². The van der Waals surface area contributed by atoms with Gasteiger partial charge in [0.1, 0.15) is 0 Å². The summed E-state index contributed by atoms with van der Waals surface area (Å²) in [7, 11) is 0. The molecule has 2 unspecified atom stereocenters. The van der Waals surface area contributed by atoms with Crippen molar-refractivity contribution in [1.29, 1.82) is 0 Å². The lowest BCUT2D eigenvalue weighted by molar-refractivity contribution is 0.134. The zero-order chi connectivity index (χ0) is 13.2. The van der Waals surface area contributed by atoms with Crippen LogP contribution in [0, 0.1) is 0 Å². The van der Waals surface area contributed by atoms with Crippen LogP contribution in [-0.2, 0) is 0 Å². The summed E-state index contributed by atoms with van der Waals surface area (Å²) in [6.45, 7) is 8.35. The van der Waals surface area contributed by atoms with Crippen molar-refractivity contribution in [2.45, 2.75) is 64.5 Å². The van der Waals surface area contributed by atoms with Gasteiger partial charge in [0.25, 0.3) is 0 Å². The standard InChI is InChI=1S/C15H32N2S/c1-4-16-15-9-11-17(14(2)13-15)10-7-5-6-8-12-18-3/h14-16H,4-13H2,1-3H3. The van der Waals surface area contributed by atoms with Gasteiger partial charge in [-0.25, -0.2) is 0 Å². The van der Waals surface area contributed by atoms with Gasteiger partial charge in [-0.15, -0.1) is 0 Å². The molecule has 0 aromatic carbocycles. The second-order valence-electron chi connectivity index (χ2n) is 5.57. The van der Waals surface area contributed by atoms with E-state index in [1.54, 1.807) is 0 Å². The fraction of sp³-hybridized carbons (Fsp3) is 1.00. The number of likely N-dealkylation sites (tertiary alicyclic amines) is 1. The summed E-state index contributed by atoms with van der Waals surface area (Å²) in [6, 6.07) is 1.54. The number of nitrogens with zero attached hydrogens (tertiary/aromatic N) is 1. The molecule has 1 fully saturated rings.